The summed E-state index contributed by atoms with van der Waals surface area (Å²) in [5.41, 5.74) is 2.28. The van der Waals surface area contributed by atoms with Crippen molar-refractivity contribution in [2.45, 2.75) is 37.5 Å². The van der Waals surface area contributed by atoms with Gasteiger partial charge in [0.15, 0.2) is 0 Å². The Morgan fingerprint density at radius 2 is 1.59 bits per heavy atom. The number of hydrogen-bond donors (Lipinski definition) is 1. The van der Waals surface area contributed by atoms with Gasteiger partial charge in [0.25, 0.3) is 5.91 Å². The maximum absolute atomic E-state index is 13.6. The number of nitrogens with one attached hydrogen (secondary N) is 1. The van der Waals surface area contributed by atoms with Crippen LogP contribution in [0.5, 0.6) is 0 Å². The molecule has 0 aromatic heterocycles. The molecule has 2 atom stereocenters. The number of carbonyl (C=O) groups excluding carboxylic acids is 3. The number of amides is 2. The Bertz CT molecular complexity index is 1230. The quantitative estimate of drug-likeness (QED) is 0.343. The SMILES string of the molecule is CCOC(=O)C1(c2ccccc2)CCC(C(=O)N(C)CCCNC(=O)c2ccccc2)c2ccccc21. The molecule has 1 N–H and O–H groups in total. The first-order chi connectivity index (χ1) is 18.0. The van der Waals surface area contributed by atoms with E-state index in [9.17, 15) is 14.4 Å². The highest BCUT2D eigenvalue weighted by Crippen LogP contribution is 2.48. The first-order valence-electron chi connectivity index (χ1n) is 12.9. The minimum atomic E-state index is -0.940. The van der Waals surface area contributed by atoms with Crippen LogP contribution in [0.1, 0.15) is 59.2 Å². The van der Waals surface area contributed by atoms with Crippen LogP contribution < -0.4 is 5.32 Å². The fourth-order valence-corrected chi connectivity index (χ4v) is 5.29. The van der Waals surface area contributed by atoms with E-state index in [2.05, 4.69) is 5.32 Å². The van der Waals surface area contributed by atoms with Crippen molar-refractivity contribution in [1.29, 1.82) is 0 Å². The summed E-state index contributed by atoms with van der Waals surface area (Å²) in [5, 5.41) is 2.91. The van der Waals surface area contributed by atoms with Crippen molar-refractivity contribution in [2.24, 2.45) is 0 Å². The van der Waals surface area contributed by atoms with E-state index in [1.165, 1.54) is 0 Å². The van der Waals surface area contributed by atoms with E-state index in [-0.39, 0.29) is 23.7 Å². The minimum Gasteiger partial charge on any atom is -0.465 e. The predicted molar refractivity (Wildman–Crippen MR) is 143 cm³/mol. The number of rotatable bonds is 9. The topological polar surface area (TPSA) is 75.7 Å². The molecule has 3 aromatic carbocycles. The molecule has 0 fully saturated rings. The van der Waals surface area contributed by atoms with Gasteiger partial charge in [-0.05, 0) is 55.0 Å². The summed E-state index contributed by atoms with van der Waals surface area (Å²) in [4.78, 5) is 41.0. The molecule has 4 rings (SSSR count). The first-order valence-corrected chi connectivity index (χ1v) is 12.9. The Hall–Kier alpha value is -3.93. The van der Waals surface area contributed by atoms with Crippen molar-refractivity contribution in [3.63, 3.8) is 0 Å². The fraction of sp³-hybridized carbons (Fsp3) is 0.323. The number of nitrogens with zero attached hydrogens (tertiary/aromatic N) is 1. The molecular weight excluding hydrogens is 464 g/mol. The Morgan fingerprint density at radius 3 is 2.30 bits per heavy atom. The summed E-state index contributed by atoms with van der Waals surface area (Å²) in [6, 6.07) is 26.6. The summed E-state index contributed by atoms with van der Waals surface area (Å²) in [6.07, 6.45) is 1.68. The molecule has 0 spiro atoms. The van der Waals surface area contributed by atoms with Crippen molar-refractivity contribution in [1.82, 2.24) is 10.2 Å². The second-order valence-electron chi connectivity index (χ2n) is 9.41. The average Bonchev–Trinajstić information content (AvgIpc) is 2.95. The number of esters is 1. The van der Waals surface area contributed by atoms with E-state index in [1.54, 1.807) is 24.1 Å². The Morgan fingerprint density at radius 1 is 0.946 bits per heavy atom. The lowest BCUT2D eigenvalue weighted by Crippen LogP contribution is -2.45. The van der Waals surface area contributed by atoms with Gasteiger partial charge in [0.1, 0.15) is 5.41 Å². The molecule has 0 saturated carbocycles. The van der Waals surface area contributed by atoms with Crippen LogP contribution in [0, 0.1) is 0 Å². The lowest BCUT2D eigenvalue weighted by molar-refractivity contribution is -0.149. The molecule has 6 nitrogen and oxygen atoms in total. The van der Waals surface area contributed by atoms with E-state index in [0.29, 0.717) is 44.5 Å². The first kappa shape index (κ1) is 26.1. The van der Waals surface area contributed by atoms with Crippen molar-refractivity contribution < 1.29 is 19.1 Å². The van der Waals surface area contributed by atoms with Gasteiger partial charge in [-0.3, -0.25) is 14.4 Å². The molecule has 37 heavy (non-hydrogen) atoms. The molecule has 192 valence electrons. The van der Waals surface area contributed by atoms with Crippen LogP contribution in [0.4, 0.5) is 0 Å². The van der Waals surface area contributed by atoms with Gasteiger partial charge in [0.2, 0.25) is 5.91 Å². The van der Waals surface area contributed by atoms with Crippen molar-refractivity contribution in [3.05, 3.63) is 107 Å². The van der Waals surface area contributed by atoms with Crippen LogP contribution >= 0.6 is 0 Å². The van der Waals surface area contributed by atoms with Gasteiger partial charge in [0.05, 0.1) is 12.5 Å². The summed E-state index contributed by atoms with van der Waals surface area (Å²) >= 11 is 0. The predicted octanol–water partition coefficient (Wildman–Crippen LogP) is 4.69. The smallest absolute Gasteiger partial charge is 0.321 e. The molecule has 0 aliphatic heterocycles. The van der Waals surface area contributed by atoms with Gasteiger partial charge in [-0.25, -0.2) is 0 Å². The third kappa shape index (κ3) is 5.43. The van der Waals surface area contributed by atoms with E-state index >= 15 is 0 Å². The molecule has 6 heteroatoms. The van der Waals surface area contributed by atoms with Gasteiger partial charge in [-0.1, -0.05) is 72.8 Å². The third-order valence-electron chi connectivity index (χ3n) is 7.16. The molecule has 0 saturated heterocycles. The third-order valence-corrected chi connectivity index (χ3v) is 7.16. The van der Waals surface area contributed by atoms with Gasteiger partial charge < -0.3 is 15.0 Å². The average molecular weight is 499 g/mol. The van der Waals surface area contributed by atoms with Crippen LogP contribution in [-0.2, 0) is 19.7 Å². The molecule has 2 unspecified atom stereocenters. The fourth-order valence-electron chi connectivity index (χ4n) is 5.29. The van der Waals surface area contributed by atoms with Crippen molar-refractivity contribution >= 4 is 17.8 Å². The van der Waals surface area contributed by atoms with E-state index in [0.717, 1.165) is 16.7 Å². The summed E-state index contributed by atoms with van der Waals surface area (Å²) in [7, 11) is 1.80. The molecule has 2 amide bonds. The highest BCUT2D eigenvalue weighted by Gasteiger charge is 2.49. The maximum Gasteiger partial charge on any atom is 0.321 e. The number of benzene rings is 3. The van der Waals surface area contributed by atoms with Crippen molar-refractivity contribution in [2.75, 3.05) is 26.7 Å². The highest BCUT2D eigenvalue weighted by molar-refractivity contribution is 5.94. The Kier molecular flexibility index (Phi) is 8.39. The zero-order chi connectivity index (χ0) is 26.3. The highest BCUT2D eigenvalue weighted by atomic mass is 16.5. The standard InChI is InChI=1S/C31H34N2O4/c1-3-37-30(36)31(24-15-8-5-9-16-24)20-19-26(25-17-10-11-18-27(25)31)29(35)33(2)22-12-21-32-28(34)23-13-6-4-7-14-23/h4-11,13-18,26H,3,12,19-22H2,1-2H3,(H,32,34). The normalized spacial score (nSPS) is 18.4. The van der Waals surface area contributed by atoms with E-state index in [1.807, 2.05) is 79.7 Å². The number of hydrogen-bond acceptors (Lipinski definition) is 4. The molecule has 0 bridgehead atoms. The van der Waals surface area contributed by atoms with Crippen LogP contribution in [0.15, 0.2) is 84.9 Å². The second kappa shape index (κ2) is 11.9. The lowest BCUT2D eigenvalue weighted by Gasteiger charge is -2.41. The molecular formula is C31H34N2O4. The number of carbonyl (C=O) groups is 3. The minimum absolute atomic E-state index is 0.0207. The van der Waals surface area contributed by atoms with Crippen LogP contribution in [0.25, 0.3) is 0 Å². The Labute approximate surface area is 218 Å². The summed E-state index contributed by atoms with van der Waals surface area (Å²) in [5.74, 6) is -0.715. The van der Waals surface area contributed by atoms with Crippen molar-refractivity contribution in [3.8, 4) is 0 Å². The largest absolute Gasteiger partial charge is 0.465 e. The molecule has 1 aliphatic carbocycles. The molecule has 3 aromatic rings. The zero-order valence-corrected chi connectivity index (χ0v) is 21.5. The summed E-state index contributed by atoms with van der Waals surface area (Å²) in [6.45, 7) is 3.11. The van der Waals surface area contributed by atoms with Gasteiger partial charge in [0, 0.05) is 25.7 Å². The number of fused-ring (bicyclic) bond motifs is 1. The van der Waals surface area contributed by atoms with Crippen LogP contribution in [-0.4, -0.2) is 49.4 Å². The van der Waals surface area contributed by atoms with Gasteiger partial charge in [-0.2, -0.15) is 0 Å². The van der Waals surface area contributed by atoms with Crippen LogP contribution in [0.2, 0.25) is 0 Å². The van der Waals surface area contributed by atoms with E-state index < -0.39 is 5.41 Å². The monoisotopic (exact) mass is 498 g/mol. The van der Waals surface area contributed by atoms with Gasteiger partial charge >= 0.3 is 5.97 Å². The Balaban J connectivity index is 1.49. The lowest BCUT2D eigenvalue weighted by atomic mass is 9.63. The maximum atomic E-state index is 13.6. The zero-order valence-electron chi connectivity index (χ0n) is 21.5. The van der Waals surface area contributed by atoms with E-state index in [4.69, 9.17) is 4.74 Å². The summed E-state index contributed by atoms with van der Waals surface area (Å²) < 4.78 is 5.59. The molecule has 0 heterocycles. The van der Waals surface area contributed by atoms with Crippen LogP contribution in [0.3, 0.4) is 0 Å². The molecule has 0 radical (unpaired) electrons. The number of ether oxygens (including phenoxy) is 1. The van der Waals surface area contributed by atoms with Gasteiger partial charge in [-0.15, -0.1) is 0 Å². The second-order valence-corrected chi connectivity index (χ2v) is 9.41. The number of likely N-dealkylation sites (N-methyl/N-ethyl adjacent to an activating group) is 1. The molecule has 1 aliphatic rings.